The van der Waals surface area contributed by atoms with Crippen LogP contribution >= 0.6 is 11.6 Å². The molecule has 21 heavy (non-hydrogen) atoms. The van der Waals surface area contributed by atoms with Gasteiger partial charge in [-0.25, -0.2) is 4.39 Å². The first-order valence-electron chi connectivity index (χ1n) is 7.48. The molecule has 0 aliphatic heterocycles. The normalized spacial score (nSPS) is 22.0. The quantitative estimate of drug-likeness (QED) is 0.776. The van der Waals surface area contributed by atoms with Crippen LogP contribution in [0.25, 0.3) is 0 Å². The average Bonchev–Trinajstić information content (AvgIpc) is 2.48. The standard InChI is InChI=1S/C18H19ClFN/c19-15-10-16(20)12-18(11-15)21-17-8-6-14(7-9-17)13-4-2-1-3-5-13/h1-5,10-12,14,17,21H,6-9H2. The van der Waals surface area contributed by atoms with Crippen LogP contribution in [0, 0.1) is 5.82 Å². The Balaban J connectivity index is 1.58. The Bertz CT molecular complexity index is 571. The molecule has 1 N–H and O–H groups in total. The number of benzene rings is 2. The summed E-state index contributed by atoms with van der Waals surface area (Å²) in [4.78, 5) is 0. The number of hydrogen-bond donors (Lipinski definition) is 1. The molecule has 110 valence electrons. The Morgan fingerprint density at radius 3 is 2.33 bits per heavy atom. The summed E-state index contributed by atoms with van der Waals surface area (Å²) in [7, 11) is 0. The molecular formula is C18H19ClFN. The number of nitrogens with one attached hydrogen (secondary N) is 1. The highest BCUT2D eigenvalue weighted by Gasteiger charge is 2.22. The van der Waals surface area contributed by atoms with E-state index in [-0.39, 0.29) is 5.82 Å². The van der Waals surface area contributed by atoms with Gasteiger partial charge in [0.05, 0.1) is 0 Å². The van der Waals surface area contributed by atoms with E-state index in [4.69, 9.17) is 11.6 Å². The van der Waals surface area contributed by atoms with Crippen LogP contribution in [0.3, 0.4) is 0 Å². The summed E-state index contributed by atoms with van der Waals surface area (Å²) in [5, 5.41) is 3.85. The zero-order valence-electron chi connectivity index (χ0n) is 11.9. The molecule has 0 saturated heterocycles. The summed E-state index contributed by atoms with van der Waals surface area (Å²) < 4.78 is 13.3. The van der Waals surface area contributed by atoms with Crippen molar-refractivity contribution in [3.63, 3.8) is 0 Å². The van der Waals surface area contributed by atoms with E-state index in [2.05, 4.69) is 35.6 Å². The van der Waals surface area contributed by atoms with Gasteiger partial charge in [0, 0.05) is 16.8 Å². The topological polar surface area (TPSA) is 12.0 Å². The smallest absolute Gasteiger partial charge is 0.126 e. The molecule has 3 heteroatoms. The van der Waals surface area contributed by atoms with Gasteiger partial charge in [-0.15, -0.1) is 0 Å². The first-order chi connectivity index (χ1) is 10.2. The molecule has 0 amide bonds. The van der Waals surface area contributed by atoms with E-state index in [0.29, 0.717) is 17.0 Å². The van der Waals surface area contributed by atoms with Crippen LogP contribution in [0.5, 0.6) is 0 Å². The van der Waals surface area contributed by atoms with Crippen molar-refractivity contribution in [3.8, 4) is 0 Å². The summed E-state index contributed by atoms with van der Waals surface area (Å²) in [6, 6.07) is 15.7. The molecule has 1 aliphatic rings. The second-order valence-corrected chi connectivity index (χ2v) is 6.20. The van der Waals surface area contributed by atoms with Gasteiger partial charge < -0.3 is 5.32 Å². The Hall–Kier alpha value is -1.54. The van der Waals surface area contributed by atoms with Crippen molar-refractivity contribution in [3.05, 3.63) is 64.9 Å². The molecule has 0 heterocycles. The minimum atomic E-state index is -0.289. The molecule has 0 unspecified atom stereocenters. The summed E-state index contributed by atoms with van der Waals surface area (Å²) in [6.45, 7) is 0. The summed E-state index contributed by atoms with van der Waals surface area (Å²) in [6.07, 6.45) is 4.55. The maximum Gasteiger partial charge on any atom is 0.126 e. The van der Waals surface area contributed by atoms with Gasteiger partial charge in [0.15, 0.2) is 0 Å². The van der Waals surface area contributed by atoms with Crippen LogP contribution in [0.2, 0.25) is 5.02 Å². The Kier molecular flexibility index (Phi) is 4.45. The van der Waals surface area contributed by atoms with Gasteiger partial charge >= 0.3 is 0 Å². The van der Waals surface area contributed by atoms with Crippen LogP contribution in [0.15, 0.2) is 48.5 Å². The second-order valence-electron chi connectivity index (χ2n) is 5.76. The first kappa shape index (κ1) is 14.4. The molecule has 1 aliphatic carbocycles. The number of halogens is 2. The molecule has 3 rings (SSSR count). The van der Waals surface area contributed by atoms with E-state index < -0.39 is 0 Å². The van der Waals surface area contributed by atoms with Gasteiger partial charge in [-0.2, -0.15) is 0 Å². The largest absolute Gasteiger partial charge is 0.382 e. The molecule has 1 saturated carbocycles. The van der Waals surface area contributed by atoms with Crippen LogP contribution in [0.1, 0.15) is 37.2 Å². The van der Waals surface area contributed by atoms with E-state index in [9.17, 15) is 4.39 Å². The molecule has 2 aromatic carbocycles. The SMILES string of the molecule is Fc1cc(Cl)cc(NC2CCC(c3ccccc3)CC2)c1. The molecule has 0 radical (unpaired) electrons. The summed E-state index contributed by atoms with van der Waals surface area (Å²) in [5.41, 5.74) is 2.22. The fourth-order valence-corrected chi connectivity index (χ4v) is 3.39. The van der Waals surface area contributed by atoms with Crippen molar-refractivity contribution < 1.29 is 4.39 Å². The first-order valence-corrected chi connectivity index (χ1v) is 7.86. The van der Waals surface area contributed by atoms with Crippen molar-refractivity contribution in [2.24, 2.45) is 0 Å². The van der Waals surface area contributed by atoms with E-state index in [0.717, 1.165) is 18.5 Å². The molecule has 0 aromatic heterocycles. The lowest BCUT2D eigenvalue weighted by Crippen LogP contribution is -2.25. The van der Waals surface area contributed by atoms with E-state index in [1.54, 1.807) is 6.07 Å². The van der Waals surface area contributed by atoms with Crippen molar-refractivity contribution in [2.75, 3.05) is 5.32 Å². The third-order valence-corrected chi connectivity index (χ3v) is 4.45. The maximum absolute atomic E-state index is 13.3. The number of rotatable bonds is 3. The highest BCUT2D eigenvalue weighted by Crippen LogP contribution is 2.34. The fraction of sp³-hybridized carbons (Fsp3) is 0.333. The fourth-order valence-electron chi connectivity index (χ4n) is 3.17. The van der Waals surface area contributed by atoms with Gasteiger partial charge in [0.2, 0.25) is 0 Å². The third kappa shape index (κ3) is 3.76. The second kappa shape index (κ2) is 6.48. The van der Waals surface area contributed by atoms with Gasteiger partial charge in [-0.3, -0.25) is 0 Å². The maximum atomic E-state index is 13.3. The Morgan fingerprint density at radius 1 is 0.952 bits per heavy atom. The van der Waals surface area contributed by atoms with Gasteiger partial charge in [-0.05, 0) is 55.4 Å². The Labute approximate surface area is 130 Å². The lowest BCUT2D eigenvalue weighted by atomic mass is 9.82. The summed E-state index contributed by atoms with van der Waals surface area (Å²) >= 11 is 5.89. The Morgan fingerprint density at radius 2 is 1.67 bits per heavy atom. The molecule has 0 bridgehead atoms. The van der Waals surface area contributed by atoms with Crippen LogP contribution < -0.4 is 5.32 Å². The lowest BCUT2D eigenvalue weighted by molar-refractivity contribution is 0.412. The zero-order valence-corrected chi connectivity index (χ0v) is 12.6. The number of anilines is 1. The molecule has 0 atom stereocenters. The highest BCUT2D eigenvalue weighted by atomic mass is 35.5. The van der Waals surface area contributed by atoms with Crippen LogP contribution in [-0.2, 0) is 0 Å². The van der Waals surface area contributed by atoms with Crippen molar-refractivity contribution in [2.45, 2.75) is 37.6 Å². The van der Waals surface area contributed by atoms with E-state index in [1.807, 2.05) is 0 Å². The minimum absolute atomic E-state index is 0.289. The molecule has 1 fully saturated rings. The third-order valence-electron chi connectivity index (χ3n) is 4.23. The summed E-state index contributed by atoms with van der Waals surface area (Å²) in [5.74, 6) is 0.364. The molecular weight excluding hydrogens is 285 g/mol. The van der Waals surface area contributed by atoms with Gasteiger partial charge in [-0.1, -0.05) is 41.9 Å². The van der Waals surface area contributed by atoms with E-state index >= 15 is 0 Å². The van der Waals surface area contributed by atoms with Gasteiger partial charge in [0.1, 0.15) is 5.82 Å². The predicted molar refractivity (Wildman–Crippen MR) is 86.5 cm³/mol. The van der Waals surface area contributed by atoms with Crippen molar-refractivity contribution in [1.82, 2.24) is 0 Å². The predicted octanol–water partition coefficient (Wildman–Crippen LogP) is 5.62. The number of hydrogen-bond acceptors (Lipinski definition) is 1. The average molecular weight is 304 g/mol. The highest BCUT2D eigenvalue weighted by molar-refractivity contribution is 6.30. The molecule has 2 aromatic rings. The molecule has 0 spiro atoms. The zero-order chi connectivity index (χ0) is 14.7. The van der Waals surface area contributed by atoms with Crippen LogP contribution in [-0.4, -0.2) is 6.04 Å². The minimum Gasteiger partial charge on any atom is -0.382 e. The lowest BCUT2D eigenvalue weighted by Gasteiger charge is -2.30. The van der Waals surface area contributed by atoms with Crippen LogP contribution in [0.4, 0.5) is 10.1 Å². The van der Waals surface area contributed by atoms with Crippen molar-refractivity contribution in [1.29, 1.82) is 0 Å². The van der Waals surface area contributed by atoms with E-state index in [1.165, 1.54) is 30.5 Å². The van der Waals surface area contributed by atoms with Gasteiger partial charge in [0.25, 0.3) is 0 Å². The van der Waals surface area contributed by atoms with Crippen molar-refractivity contribution >= 4 is 17.3 Å². The molecule has 1 nitrogen and oxygen atoms in total. The monoisotopic (exact) mass is 303 g/mol.